The quantitative estimate of drug-likeness (QED) is 0.551. The Hall–Kier alpha value is -0.970. The first kappa shape index (κ1) is 11.0. The summed E-state index contributed by atoms with van der Waals surface area (Å²) in [6.45, 7) is 1.89. The highest BCUT2D eigenvalue weighted by atomic mass is 35.5. The molecule has 0 aliphatic rings. The number of halogens is 1. The Kier molecular flexibility index (Phi) is 5.19. The highest BCUT2D eigenvalue weighted by Gasteiger charge is 2.05. The van der Waals surface area contributed by atoms with Crippen LogP contribution in [0.3, 0.4) is 0 Å². The van der Waals surface area contributed by atoms with Crippen molar-refractivity contribution < 1.29 is 14.7 Å². The third-order valence-electron chi connectivity index (χ3n) is 1.10. The highest BCUT2D eigenvalue weighted by molar-refractivity contribution is 6.27. The van der Waals surface area contributed by atoms with Gasteiger partial charge in [-0.2, -0.15) is 0 Å². The van der Waals surface area contributed by atoms with E-state index in [2.05, 4.69) is 10.6 Å². The number of alkyl halides is 1. The van der Waals surface area contributed by atoms with E-state index in [1.165, 1.54) is 0 Å². The first-order valence-electron chi connectivity index (χ1n) is 3.38. The minimum atomic E-state index is -1.11. The first-order valence-corrected chi connectivity index (χ1v) is 3.92. The molecule has 0 aromatic rings. The molecule has 1 atom stereocenters. The molecule has 2 amide bonds. The van der Waals surface area contributed by atoms with E-state index in [4.69, 9.17) is 16.7 Å². The number of amides is 2. The zero-order valence-electron chi connectivity index (χ0n) is 6.63. The summed E-state index contributed by atoms with van der Waals surface area (Å²) in [6.07, 6.45) is -1.11. The highest BCUT2D eigenvalue weighted by Crippen LogP contribution is 1.80. The molecular formula is C6H11ClN2O3. The third-order valence-corrected chi connectivity index (χ3v) is 1.34. The van der Waals surface area contributed by atoms with Gasteiger partial charge in [0.1, 0.15) is 5.88 Å². The standard InChI is InChI=1S/C6H11ClN2O3/c1-4(9-6(11)12)3-8-5(10)2-7/h4,9H,2-3H2,1H3,(H,8,10)(H,11,12). The lowest BCUT2D eigenvalue weighted by atomic mass is 10.3. The average molecular weight is 195 g/mol. The molecule has 0 bridgehead atoms. The molecule has 12 heavy (non-hydrogen) atoms. The topological polar surface area (TPSA) is 78.4 Å². The van der Waals surface area contributed by atoms with Crippen LogP contribution in [0.25, 0.3) is 0 Å². The fraction of sp³-hybridized carbons (Fsp3) is 0.667. The molecule has 1 unspecified atom stereocenters. The molecule has 0 saturated heterocycles. The monoisotopic (exact) mass is 194 g/mol. The van der Waals surface area contributed by atoms with Crippen LogP contribution in [0.15, 0.2) is 0 Å². The predicted molar refractivity (Wildman–Crippen MR) is 44.4 cm³/mol. The average Bonchev–Trinajstić information content (AvgIpc) is 1.99. The number of carbonyl (C=O) groups excluding carboxylic acids is 1. The molecular weight excluding hydrogens is 184 g/mol. The smallest absolute Gasteiger partial charge is 0.404 e. The molecule has 6 heteroatoms. The predicted octanol–water partition coefficient (Wildman–Crippen LogP) is -0.00250. The summed E-state index contributed by atoms with van der Waals surface area (Å²) < 4.78 is 0. The Labute approximate surface area is 75.1 Å². The van der Waals surface area contributed by atoms with Gasteiger partial charge in [0.2, 0.25) is 5.91 Å². The van der Waals surface area contributed by atoms with E-state index in [1.807, 2.05) is 0 Å². The van der Waals surface area contributed by atoms with E-state index < -0.39 is 6.09 Å². The Morgan fingerprint density at radius 2 is 2.17 bits per heavy atom. The molecule has 5 nitrogen and oxygen atoms in total. The number of hydrogen-bond donors (Lipinski definition) is 3. The maximum atomic E-state index is 10.6. The SMILES string of the molecule is CC(CNC(=O)CCl)NC(=O)O. The second-order valence-corrected chi connectivity index (χ2v) is 2.56. The Morgan fingerprint density at radius 3 is 2.58 bits per heavy atom. The van der Waals surface area contributed by atoms with Crippen LogP contribution >= 0.6 is 11.6 Å². The van der Waals surface area contributed by atoms with Crippen molar-refractivity contribution in [3.63, 3.8) is 0 Å². The van der Waals surface area contributed by atoms with Crippen LogP contribution in [-0.2, 0) is 4.79 Å². The van der Waals surface area contributed by atoms with Gasteiger partial charge in [-0.3, -0.25) is 4.79 Å². The van der Waals surface area contributed by atoms with E-state index in [0.29, 0.717) is 0 Å². The van der Waals surface area contributed by atoms with Crippen LogP contribution in [0, 0.1) is 0 Å². The molecule has 0 aliphatic heterocycles. The van der Waals surface area contributed by atoms with Crippen molar-refractivity contribution in [2.24, 2.45) is 0 Å². The lowest BCUT2D eigenvalue weighted by molar-refractivity contribution is -0.118. The number of carbonyl (C=O) groups is 2. The summed E-state index contributed by atoms with van der Waals surface area (Å²) in [5, 5.41) is 12.9. The van der Waals surface area contributed by atoms with E-state index in [0.717, 1.165) is 0 Å². The van der Waals surface area contributed by atoms with E-state index in [1.54, 1.807) is 6.92 Å². The zero-order valence-corrected chi connectivity index (χ0v) is 7.39. The van der Waals surface area contributed by atoms with Crippen molar-refractivity contribution in [3.05, 3.63) is 0 Å². The van der Waals surface area contributed by atoms with Gasteiger partial charge in [-0.05, 0) is 6.92 Å². The number of rotatable bonds is 4. The maximum Gasteiger partial charge on any atom is 0.404 e. The summed E-state index contributed by atoms with van der Waals surface area (Å²) >= 11 is 5.19. The van der Waals surface area contributed by atoms with Crippen LogP contribution in [-0.4, -0.2) is 35.6 Å². The van der Waals surface area contributed by atoms with Crippen molar-refractivity contribution in [3.8, 4) is 0 Å². The minimum Gasteiger partial charge on any atom is -0.465 e. The third kappa shape index (κ3) is 5.79. The van der Waals surface area contributed by atoms with Gasteiger partial charge in [-0.15, -0.1) is 11.6 Å². The molecule has 0 saturated carbocycles. The van der Waals surface area contributed by atoms with Gasteiger partial charge in [0.25, 0.3) is 0 Å². The fourth-order valence-electron chi connectivity index (χ4n) is 0.576. The lowest BCUT2D eigenvalue weighted by Gasteiger charge is -2.11. The van der Waals surface area contributed by atoms with Crippen molar-refractivity contribution in [2.75, 3.05) is 12.4 Å². The lowest BCUT2D eigenvalue weighted by Crippen LogP contribution is -2.41. The maximum absolute atomic E-state index is 10.6. The first-order chi connectivity index (χ1) is 5.56. The second-order valence-electron chi connectivity index (χ2n) is 2.29. The molecule has 0 radical (unpaired) electrons. The second kappa shape index (κ2) is 5.65. The summed E-state index contributed by atoms with van der Waals surface area (Å²) in [5.41, 5.74) is 0. The van der Waals surface area contributed by atoms with Crippen LogP contribution in [0.2, 0.25) is 0 Å². The summed E-state index contributed by atoms with van der Waals surface area (Å²) in [4.78, 5) is 20.7. The summed E-state index contributed by atoms with van der Waals surface area (Å²) in [6, 6.07) is -0.310. The molecule has 70 valence electrons. The van der Waals surface area contributed by atoms with Gasteiger partial charge >= 0.3 is 6.09 Å². The van der Waals surface area contributed by atoms with Gasteiger partial charge in [0.05, 0.1) is 0 Å². The Morgan fingerprint density at radius 1 is 1.58 bits per heavy atom. The number of carboxylic acid groups (broad SMARTS) is 1. The van der Waals surface area contributed by atoms with Gasteiger partial charge in [0, 0.05) is 12.6 Å². The van der Waals surface area contributed by atoms with Gasteiger partial charge in [0.15, 0.2) is 0 Å². The molecule has 0 aromatic heterocycles. The molecule has 0 aromatic carbocycles. The van der Waals surface area contributed by atoms with Crippen LogP contribution < -0.4 is 10.6 Å². The molecule has 3 N–H and O–H groups in total. The largest absolute Gasteiger partial charge is 0.465 e. The van der Waals surface area contributed by atoms with Gasteiger partial charge in [-0.25, -0.2) is 4.79 Å². The number of nitrogens with one attached hydrogen (secondary N) is 2. The van der Waals surface area contributed by atoms with E-state index in [-0.39, 0.29) is 24.4 Å². The summed E-state index contributed by atoms with van der Waals surface area (Å²) in [7, 11) is 0. The van der Waals surface area contributed by atoms with Crippen molar-refractivity contribution >= 4 is 23.6 Å². The minimum absolute atomic E-state index is 0.111. The van der Waals surface area contributed by atoms with Gasteiger partial charge in [-0.1, -0.05) is 0 Å². The molecule has 0 aliphatic carbocycles. The van der Waals surface area contributed by atoms with Crippen LogP contribution in [0.1, 0.15) is 6.92 Å². The van der Waals surface area contributed by atoms with E-state index >= 15 is 0 Å². The van der Waals surface area contributed by atoms with E-state index in [9.17, 15) is 9.59 Å². The normalized spacial score (nSPS) is 11.8. The van der Waals surface area contributed by atoms with Crippen LogP contribution in [0.5, 0.6) is 0 Å². The van der Waals surface area contributed by atoms with Gasteiger partial charge < -0.3 is 15.7 Å². The molecule has 0 fully saturated rings. The fourth-order valence-corrected chi connectivity index (χ4v) is 0.670. The van der Waals surface area contributed by atoms with Crippen molar-refractivity contribution in [1.29, 1.82) is 0 Å². The van der Waals surface area contributed by atoms with Crippen LogP contribution in [0.4, 0.5) is 4.79 Å². The number of hydrogen-bond acceptors (Lipinski definition) is 2. The molecule has 0 rings (SSSR count). The molecule has 0 heterocycles. The Bertz CT molecular complexity index is 174. The summed E-state index contributed by atoms with van der Waals surface area (Å²) in [5.74, 6) is -0.421. The Balaban J connectivity index is 3.50. The zero-order chi connectivity index (χ0) is 9.56. The van der Waals surface area contributed by atoms with Crippen molar-refractivity contribution in [1.82, 2.24) is 10.6 Å². The van der Waals surface area contributed by atoms with Crippen molar-refractivity contribution in [2.45, 2.75) is 13.0 Å². The molecule has 0 spiro atoms.